The van der Waals surface area contributed by atoms with E-state index < -0.39 is 16.2 Å². The minimum absolute atomic E-state index is 0.0515. The van der Waals surface area contributed by atoms with Gasteiger partial charge in [0.2, 0.25) is 5.96 Å². The van der Waals surface area contributed by atoms with E-state index in [1.165, 1.54) is 0 Å². The molecule has 19 heavy (non-hydrogen) atoms. The minimum Gasteiger partial charge on any atom is -0.507 e. The lowest BCUT2D eigenvalue weighted by molar-refractivity contribution is -0.384. The Balaban J connectivity index is 2.87. The third kappa shape index (κ3) is 4.55. The number of rotatable bonds is 4. The molecule has 0 bridgehead atoms. The van der Waals surface area contributed by atoms with Crippen molar-refractivity contribution in [1.29, 1.82) is 0 Å². The van der Waals surface area contributed by atoms with Gasteiger partial charge in [-0.1, -0.05) is 0 Å². The molecule has 11 heteroatoms. The first-order valence-corrected chi connectivity index (χ1v) is 4.68. The number of nitrogens with one attached hydrogen (secondary N) is 1. The molecule has 0 saturated carbocycles. The van der Waals surface area contributed by atoms with Crippen molar-refractivity contribution in [3.05, 3.63) is 33.9 Å². The third-order valence-corrected chi connectivity index (χ3v) is 1.80. The fourth-order valence-corrected chi connectivity index (χ4v) is 1.04. The van der Waals surface area contributed by atoms with Crippen molar-refractivity contribution in [1.82, 2.24) is 10.8 Å². The highest BCUT2D eigenvalue weighted by Gasteiger charge is 2.08. The third-order valence-electron chi connectivity index (χ3n) is 1.80. The maximum Gasteiger partial charge on any atom is 0.270 e. The molecule has 0 saturated heterocycles. The Morgan fingerprint density at radius 1 is 1.53 bits per heavy atom. The second kappa shape index (κ2) is 6.25. The molecule has 0 amide bonds. The van der Waals surface area contributed by atoms with Crippen molar-refractivity contribution in [2.45, 2.75) is 0 Å². The molecule has 1 aromatic rings. The van der Waals surface area contributed by atoms with Crippen molar-refractivity contribution in [3.8, 4) is 5.75 Å². The van der Waals surface area contributed by atoms with Crippen molar-refractivity contribution in [2.75, 3.05) is 0 Å². The molecule has 11 nitrogen and oxygen atoms in total. The standard InChI is InChI=1S/C8H10N6O5/c9-8(12-14(18)19)11-10-4-5-3-6(13(16)17)1-2-7(5)15/h1-4,15,18-19H,(H3,9,11,12). The fourth-order valence-electron chi connectivity index (χ4n) is 1.04. The fraction of sp³-hybridized carbons (Fsp3) is 0. The number of aromatic hydroxyl groups is 1. The maximum atomic E-state index is 10.5. The summed E-state index contributed by atoms with van der Waals surface area (Å²) >= 11 is 0. The van der Waals surface area contributed by atoms with Crippen LogP contribution in [0.1, 0.15) is 5.56 Å². The lowest BCUT2D eigenvalue weighted by atomic mass is 10.2. The van der Waals surface area contributed by atoms with Crippen molar-refractivity contribution in [3.63, 3.8) is 0 Å². The van der Waals surface area contributed by atoms with Gasteiger partial charge in [-0.3, -0.25) is 20.5 Å². The molecular formula is C8H10N6O5. The average Bonchev–Trinajstić information content (AvgIpc) is 2.30. The van der Waals surface area contributed by atoms with Crippen LogP contribution in [0.3, 0.4) is 0 Å². The Labute approximate surface area is 105 Å². The summed E-state index contributed by atoms with van der Waals surface area (Å²) in [6.07, 6.45) is 1.01. The number of phenols is 1. The first kappa shape index (κ1) is 14.3. The van der Waals surface area contributed by atoms with E-state index in [-0.39, 0.29) is 17.0 Å². The summed E-state index contributed by atoms with van der Waals surface area (Å²) in [5.74, 6) is -0.687. The van der Waals surface area contributed by atoms with Gasteiger partial charge in [0.25, 0.3) is 5.69 Å². The monoisotopic (exact) mass is 270 g/mol. The van der Waals surface area contributed by atoms with Gasteiger partial charge in [-0.05, 0) is 6.07 Å². The second-order valence-electron chi connectivity index (χ2n) is 3.13. The molecule has 0 spiro atoms. The highest BCUT2D eigenvalue weighted by Crippen LogP contribution is 2.21. The van der Waals surface area contributed by atoms with Crippen LogP contribution >= 0.6 is 0 Å². The summed E-state index contributed by atoms with van der Waals surface area (Å²) in [5.41, 5.74) is 6.73. The summed E-state index contributed by atoms with van der Waals surface area (Å²) < 4.78 is 0. The lowest BCUT2D eigenvalue weighted by Crippen LogP contribution is -2.41. The van der Waals surface area contributed by atoms with Crippen LogP contribution in [0.5, 0.6) is 5.75 Å². The zero-order valence-electron chi connectivity index (χ0n) is 9.33. The Bertz CT molecular complexity index is 528. The van der Waals surface area contributed by atoms with E-state index >= 15 is 0 Å². The second-order valence-corrected chi connectivity index (χ2v) is 3.13. The van der Waals surface area contributed by atoms with E-state index in [4.69, 9.17) is 16.1 Å². The molecule has 102 valence electrons. The quantitative estimate of drug-likeness (QED) is 0.211. The van der Waals surface area contributed by atoms with Gasteiger partial charge in [0.1, 0.15) is 5.75 Å². The summed E-state index contributed by atoms with van der Waals surface area (Å²) in [6, 6.07) is 3.34. The van der Waals surface area contributed by atoms with Gasteiger partial charge in [0.05, 0.1) is 11.1 Å². The smallest absolute Gasteiger partial charge is 0.270 e. The van der Waals surface area contributed by atoms with E-state index in [1.54, 1.807) is 5.43 Å². The van der Waals surface area contributed by atoms with Gasteiger partial charge >= 0.3 is 0 Å². The first-order chi connectivity index (χ1) is 8.90. The average molecular weight is 270 g/mol. The Kier molecular flexibility index (Phi) is 4.70. The molecule has 0 unspecified atom stereocenters. The topological polar surface area (TPSA) is 170 Å². The minimum atomic E-state index is -0.634. The maximum absolute atomic E-state index is 10.5. The lowest BCUT2D eigenvalue weighted by Gasteiger charge is -2.05. The van der Waals surface area contributed by atoms with Gasteiger partial charge in [-0.2, -0.15) is 5.10 Å². The Morgan fingerprint density at radius 2 is 2.21 bits per heavy atom. The van der Waals surface area contributed by atoms with Gasteiger partial charge in [0.15, 0.2) is 0 Å². The highest BCUT2D eigenvalue weighted by atomic mass is 16.8. The van der Waals surface area contributed by atoms with Gasteiger partial charge < -0.3 is 10.8 Å². The molecule has 1 aromatic carbocycles. The molecule has 0 aliphatic rings. The Hall–Kier alpha value is -2.76. The number of guanidine groups is 1. The van der Waals surface area contributed by atoms with Crippen LogP contribution < -0.4 is 11.2 Å². The van der Waals surface area contributed by atoms with E-state index in [1.807, 2.05) is 0 Å². The Morgan fingerprint density at radius 3 is 2.79 bits per heavy atom. The summed E-state index contributed by atoms with van der Waals surface area (Å²) in [5, 5.41) is 42.9. The number of nitro groups is 1. The van der Waals surface area contributed by atoms with E-state index in [9.17, 15) is 15.2 Å². The molecule has 0 atom stereocenters. The number of hydrogen-bond acceptors (Lipinski definition) is 8. The van der Waals surface area contributed by atoms with Gasteiger partial charge in [-0.15, -0.1) is 5.10 Å². The molecular weight excluding hydrogens is 260 g/mol. The van der Waals surface area contributed by atoms with Crippen LogP contribution in [-0.4, -0.2) is 38.0 Å². The molecule has 0 aromatic heterocycles. The SMILES string of the molecule is NC(=NN=Cc1cc([N+](=O)[O-])ccc1O)NN(O)O. The van der Waals surface area contributed by atoms with Gasteiger partial charge in [0, 0.05) is 23.0 Å². The molecule has 0 heterocycles. The number of nitro benzene ring substituents is 1. The highest BCUT2D eigenvalue weighted by molar-refractivity contribution is 5.85. The number of hydrazine groups is 1. The van der Waals surface area contributed by atoms with Crippen LogP contribution in [0.15, 0.2) is 28.4 Å². The van der Waals surface area contributed by atoms with Crippen LogP contribution in [-0.2, 0) is 0 Å². The van der Waals surface area contributed by atoms with Crippen molar-refractivity contribution < 1.29 is 20.4 Å². The van der Waals surface area contributed by atoms with Crippen LogP contribution in [0.2, 0.25) is 0 Å². The zero-order valence-corrected chi connectivity index (χ0v) is 9.33. The predicted molar refractivity (Wildman–Crippen MR) is 62.5 cm³/mol. The van der Waals surface area contributed by atoms with Crippen molar-refractivity contribution >= 4 is 17.9 Å². The molecule has 0 aliphatic carbocycles. The number of benzene rings is 1. The van der Waals surface area contributed by atoms with Crippen LogP contribution in [0, 0.1) is 10.1 Å². The van der Waals surface area contributed by atoms with Crippen LogP contribution in [0.25, 0.3) is 0 Å². The number of nitrogens with two attached hydrogens (primary N) is 1. The number of phenolic OH excluding ortho intramolecular Hbond substituents is 1. The summed E-state index contributed by atoms with van der Waals surface area (Å²) in [7, 11) is 0. The molecule has 0 aliphatic heterocycles. The van der Waals surface area contributed by atoms with Crippen molar-refractivity contribution in [2.24, 2.45) is 15.9 Å². The van der Waals surface area contributed by atoms with Gasteiger partial charge in [-0.25, -0.2) is 5.43 Å². The van der Waals surface area contributed by atoms with E-state index in [0.29, 0.717) is 0 Å². The largest absolute Gasteiger partial charge is 0.507 e. The normalized spacial score (nSPS) is 12.1. The summed E-state index contributed by atoms with van der Waals surface area (Å²) in [4.78, 5) is 9.89. The molecule has 6 N–H and O–H groups in total. The number of hydrogen-bond donors (Lipinski definition) is 5. The van der Waals surface area contributed by atoms with E-state index in [2.05, 4.69) is 10.2 Å². The predicted octanol–water partition coefficient (Wildman–Crippen LogP) is -0.466. The molecule has 1 rings (SSSR count). The number of nitrogens with zero attached hydrogens (tertiary/aromatic N) is 4. The molecule has 0 radical (unpaired) electrons. The summed E-state index contributed by atoms with van der Waals surface area (Å²) in [6.45, 7) is 0. The first-order valence-electron chi connectivity index (χ1n) is 4.68. The number of non-ortho nitro benzene ring substituents is 1. The van der Waals surface area contributed by atoms with Crippen LogP contribution in [0.4, 0.5) is 5.69 Å². The zero-order chi connectivity index (χ0) is 14.4. The molecule has 0 fully saturated rings. The van der Waals surface area contributed by atoms with E-state index in [0.717, 1.165) is 24.4 Å².